The van der Waals surface area contributed by atoms with Crippen LogP contribution in [0.25, 0.3) is 0 Å². The second-order valence-electron chi connectivity index (χ2n) is 6.71. The number of carbonyl (C=O) groups excluding carboxylic acids is 1. The van der Waals surface area contributed by atoms with Crippen LogP contribution in [0, 0.1) is 0 Å². The molecule has 146 valence electrons. The molecule has 0 bridgehead atoms. The molecule has 0 spiro atoms. The fourth-order valence-electron chi connectivity index (χ4n) is 3.01. The van der Waals surface area contributed by atoms with Crippen molar-refractivity contribution in [3.05, 3.63) is 52.2 Å². The minimum absolute atomic E-state index is 0.0577. The van der Waals surface area contributed by atoms with Crippen molar-refractivity contribution in [1.29, 1.82) is 0 Å². The highest BCUT2D eigenvalue weighted by Gasteiger charge is 2.25. The molecule has 8 heteroatoms. The van der Waals surface area contributed by atoms with Gasteiger partial charge in [0, 0.05) is 37.7 Å². The van der Waals surface area contributed by atoms with E-state index in [1.165, 1.54) is 26.2 Å². The Balaban J connectivity index is 1.80. The van der Waals surface area contributed by atoms with Gasteiger partial charge in [0.25, 0.3) is 5.91 Å². The highest BCUT2D eigenvalue weighted by Crippen LogP contribution is 2.20. The second kappa shape index (κ2) is 8.52. The topological polar surface area (TPSA) is 66.9 Å². The van der Waals surface area contributed by atoms with Crippen LogP contribution in [0.4, 0.5) is 0 Å². The Morgan fingerprint density at radius 3 is 2.52 bits per heavy atom. The van der Waals surface area contributed by atoms with Crippen LogP contribution < -0.4 is 0 Å². The molecule has 3 rings (SSSR count). The number of benzene rings is 1. The maximum Gasteiger partial charge on any atom is 0.254 e. The molecule has 1 fully saturated rings. The van der Waals surface area contributed by atoms with Crippen LogP contribution in [-0.2, 0) is 21.3 Å². The molecule has 1 aromatic carbocycles. The van der Waals surface area contributed by atoms with Crippen LogP contribution in [0.3, 0.4) is 0 Å². The smallest absolute Gasteiger partial charge is 0.254 e. The van der Waals surface area contributed by atoms with E-state index < -0.39 is 10.0 Å². The van der Waals surface area contributed by atoms with Crippen LogP contribution >= 0.6 is 11.3 Å². The lowest BCUT2D eigenvalue weighted by Crippen LogP contribution is -2.36. The third kappa shape index (κ3) is 4.76. The number of amides is 1. The largest absolute Gasteiger partial charge is 0.376 e. The van der Waals surface area contributed by atoms with Crippen LogP contribution in [0.15, 0.2) is 46.7 Å². The van der Waals surface area contributed by atoms with Crippen LogP contribution in [0.2, 0.25) is 0 Å². The van der Waals surface area contributed by atoms with Crippen LogP contribution in [0.5, 0.6) is 0 Å². The average Bonchev–Trinajstić information content (AvgIpc) is 3.34. The Morgan fingerprint density at radius 1 is 1.22 bits per heavy atom. The second-order valence-corrected chi connectivity index (χ2v) is 9.90. The molecule has 0 N–H and O–H groups in total. The molecular formula is C19H24N2O4S2. The third-order valence-electron chi connectivity index (χ3n) is 4.54. The molecule has 2 aromatic rings. The van der Waals surface area contributed by atoms with Crippen molar-refractivity contribution in [3.63, 3.8) is 0 Å². The van der Waals surface area contributed by atoms with Crippen molar-refractivity contribution < 1.29 is 17.9 Å². The zero-order valence-corrected chi connectivity index (χ0v) is 17.1. The SMILES string of the molecule is CN(C)S(=O)(=O)c1ccc(C(=O)N(Cc2cccs2)CC2CCCO2)cc1. The van der Waals surface area contributed by atoms with E-state index in [4.69, 9.17) is 4.74 Å². The van der Waals surface area contributed by atoms with E-state index in [1.807, 2.05) is 17.5 Å². The summed E-state index contributed by atoms with van der Waals surface area (Å²) >= 11 is 1.61. The van der Waals surface area contributed by atoms with Crippen molar-refractivity contribution in [3.8, 4) is 0 Å². The number of hydrogen-bond acceptors (Lipinski definition) is 5. The summed E-state index contributed by atoms with van der Waals surface area (Å²) in [5.41, 5.74) is 0.474. The average molecular weight is 409 g/mol. The molecule has 0 radical (unpaired) electrons. The predicted molar refractivity (Wildman–Crippen MR) is 105 cm³/mol. The number of nitrogens with zero attached hydrogens (tertiary/aromatic N) is 2. The zero-order valence-electron chi connectivity index (χ0n) is 15.5. The Hall–Kier alpha value is -1.74. The van der Waals surface area contributed by atoms with Gasteiger partial charge in [-0.3, -0.25) is 4.79 Å². The Morgan fingerprint density at radius 2 is 1.96 bits per heavy atom. The zero-order chi connectivity index (χ0) is 19.4. The lowest BCUT2D eigenvalue weighted by molar-refractivity contribution is 0.0509. The first-order valence-corrected chi connectivity index (χ1v) is 11.2. The summed E-state index contributed by atoms with van der Waals surface area (Å²) < 4.78 is 31.3. The summed E-state index contributed by atoms with van der Waals surface area (Å²) in [6.45, 7) is 1.80. The molecule has 1 amide bonds. The number of thiophene rings is 1. The van der Waals surface area contributed by atoms with Gasteiger partial charge < -0.3 is 9.64 Å². The minimum atomic E-state index is -3.51. The van der Waals surface area contributed by atoms with Gasteiger partial charge in [-0.1, -0.05) is 6.07 Å². The first-order valence-electron chi connectivity index (χ1n) is 8.84. The first kappa shape index (κ1) is 20.0. The molecule has 6 nitrogen and oxygen atoms in total. The molecule has 1 unspecified atom stereocenters. The van der Waals surface area contributed by atoms with E-state index in [2.05, 4.69) is 0 Å². The van der Waals surface area contributed by atoms with Gasteiger partial charge in [0.15, 0.2) is 0 Å². The Labute approximate surface area is 164 Å². The maximum absolute atomic E-state index is 13.1. The molecule has 1 aliphatic heterocycles. The van der Waals surface area contributed by atoms with Crippen molar-refractivity contribution in [2.75, 3.05) is 27.2 Å². The van der Waals surface area contributed by atoms with Gasteiger partial charge in [0.2, 0.25) is 10.0 Å². The van der Waals surface area contributed by atoms with Gasteiger partial charge in [-0.05, 0) is 48.6 Å². The summed E-state index contributed by atoms with van der Waals surface area (Å²) in [6.07, 6.45) is 2.03. The monoisotopic (exact) mass is 408 g/mol. The van der Waals surface area contributed by atoms with Gasteiger partial charge >= 0.3 is 0 Å². The summed E-state index contributed by atoms with van der Waals surface area (Å²) in [5, 5.41) is 1.99. The van der Waals surface area contributed by atoms with Gasteiger partial charge in [-0.2, -0.15) is 0 Å². The minimum Gasteiger partial charge on any atom is -0.376 e. The number of carbonyl (C=O) groups is 1. The fraction of sp³-hybridized carbons (Fsp3) is 0.421. The van der Waals surface area contributed by atoms with Crippen molar-refractivity contribution in [2.24, 2.45) is 0 Å². The third-order valence-corrected chi connectivity index (χ3v) is 7.23. The molecule has 2 heterocycles. The van der Waals surface area contributed by atoms with E-state index in [0.29, 0.717) is 18.7 Å². The Kier molecular flexibility index (Phi) is 6.31. The molecule has 0 saturated carbocycles. The Bertz CT molecular complexity index is 856. The predicted octanol–water partition coefficient (Wildman–Crippen LogP) is 2.82. The van der Waals surface area contributed by atoms with E-state index in [-0.39, 0.29) is 16.9 Å². The summed E-state index contributed by atoms with van der Waals surface area (Å²) in [4.78, 5) is 16.1. The molecule has 0 aliphatic carbocycles. The molecular weight excluding hydrogens is 384 g/mol. The number of rotatable bonds is 7. The van der Waals surface area contributed by atoms with E-state index in [1.54, 1.807) is 28.4 Å². The number of sulfonamides is 1. The van der Waals surface area contributed by atoms with Crippen molar-refractivity contribution in [2.45, 2.75) is 30.4 Å². The lowest BCUT2D eigenvalue weighted by Gasteiger charge is -2.25. The quantitative estimate of drug-likeness (QED) is 0.707. The standard InChI is InChI=1S/C19H24N2O4S2/c1-20(2)27(23,24)18-9-7-15(8-10-18)19(22)21(13-16-5-3-11-25-16)14-17-6-4-12-26-17/h4,6-10,12,16H,3,5,11,13-14H2,1-2H3. The van der Waals surface area contributed by atoms with Gasteiger partial charge in [0.05, 0.1) is 17.5 Å². The normalized spacial score (nSPS) is 17.4. The molecule has 1 aliphatic rings. The van der Waals surface area contributed by atoms with Gasteiger partial charge in [-0.15, -0.1) is 11.3 Å². The molecule has 1 saturated heterocycles. The van der Waals surface area contributed by atoms with E-state index in [0.717, 1.165) is 28.6 Å². The van der Waals surface area contributed by atoms with Crippen molar-refractivity contribution in [1.82, 2.24) is 9.21 Å². The molecule has 27 heavy (non-hydrogen) atoms. The highest BCUT2D eigenvalue weighted by molar-refractivity contribution is 7.89. The van der Waals surface area contributed by atoms with E-state index >= 15 is 0 Å². The number of ether oxygens (including phenoxy) is 1. The summed E-state index contributed by atoms with van der Waals surface area (Å²) in [5.74, 6) is -0.118. The molecule has 1 aromatic heterocycles. The summed E-state index contributed by atoms with van der Waals surface area (Å²) in [7, 11) is -0.539. The maximum atomic E-state index is 13.1. The van der Waals surface area contributed by atoms with Crippen LogP contribution in [0.1, 0.15) is 28.1 Å². The fourth-order valence-corrected chi connectivity index (χ4v) is 4.63. The van der Waals surface area contributed by atoms with Crippen LogP contribution in [-0.4, -0.2) is 56.9 Å². The summed E-state index contributed by atoms with van der Waals surface area (Å²) in [6, 6.07) is 10.1. The van der Waals surface area contributed by atoms with Crippen molar-refractivity contribution >= 4 is 27.3 Å². The van der Waals surface area contributed by atoms with E-state index in [9.17, 15) is 13.2 Å². The van der Waals surface area contributed by atoms with Gasteiger partial charge in [-0.25, -0.2) is 12.7 Å². The molecule has 1 atom stereocenters. The lowest BCUT2D eigenvalue weighted by atomic mass is 10.1. The highest BCUT2D eigenvalue weighted by atomic mass is 32.2. The number of hydrogen-bond donors (Lipinski definition) is 0. The van der Waals surface area contributed by atoms with Gasteiger partial charge in [0.1, 0.15) is 0 Å². The first-order chi connectivity index (χ1) is 12.9.